The first-order valence-electron chi connectivity index (χ1n) is 36.3. The molecule has 0 nitrogen and oxygen atoms in total. The van der Waals surface area contributed by atoms with Gasteiger partial charge in [-0.2, -0.15) is 0 Å². The summed E-state index contributed by atoms with van der Waals surface area (Å²) in [5.41, 5.74) is 43.7. The van der Waals surface area contributed by atoms with Gasteiger partial charge in [-0.1, -0.05) is 382 Å². The van der Waals surface area contributed by atoms with Crippen LogP contribution in [0.3, 0.4) is 0 Å². The van der Waals surface area contributed by atoms with Crippen molar-refractivity contribution in [2.24, 2.45) is 0 Å². The molecule has 14 aromatic rings. The number of hydrogen-bond acceptors (Lipinski definition) is 0. The van der Waals surface area contributed by atoms with E-state index in [0.29, 0.717) is 0 Å². The van der Waals surface area contributed by atoms with E-state index >= 15 is 0 Å². The number of rotatable bonds is 7. The molecule has 0 aliphatic heterocycles. The fourth-order valence-electron chi connectivity index (χ4n) is 13.4. The van der Waals surface area contributed by atoms with Gasteiger partial charge in [-0.15, -0.1) is 0 Å². The highest BCUT2D eigenvalue weighted by Gasteiger charge is 2.09. The number of aryl methyl sites for hydroxylation is 19. The summed E-state index contributed by atoms with van der Waals surface area (Å²) in [5.74, 6) is 0. The highest BCUT2D eigenvalue weighted by Crippen LogP contribution is 2.32. The molecule has 0 aromatic heterocycles. The van der Waals surface area contributed by atoms with E-state index in [2.05, 4.69) is 441 Å². The Hall–Kier alpha value is -10.9. The second-order valence-corrected chi connectivity index (χ2v) is 28.4. The molecule has 0 bridgehead atoms. The molecule has 103 heavy (non-hydrogen) atoms. The molecule has 0 saturated heterocycles. The van der Waals surface area contributed by atoms with Gasteiger partial charge in [0.15, 0.2) is 0 Å². The summed E-state index contributed by atoms with van der Waals surface area (Å²) in [6.45, 7) is 40.8. The van der Waals surface area contributed by atoms with Crippen LogP contribution in [0.15, 0.2) is 309 Å². The molecular formula is C103H108. The van der Waals surface area contributed by atoms with Gasteiger partial charge < -0.3 is 0 Å². The fraction of sp³-hybridized carbons (Fsp3) is 0.184. The molecule has 0 aliphatic carbocycles. The molecule has 520 valence electrons. The predicted octanol–water partition coefficient (Wildman–Crippen LogP) is 29.3. The van der Waals surface area contributed by atoms with Crippen molar-refractivity contribution in [3.8, 4) is 77.9 Å². The highest BCUT2D eigenvalue weighted by atomic mass is 14.1. The van der Waals surface area contributed by atoms with Gasteiger partial charge >= 0.3 is 0 Å². The molecular weight excluding hydrogens is 1240 g/mol. The molecule has 14 rings (SSSR count). The lowest BCUT2D eigenvalue weighted by atomic mass is 9.93. The molecule has 14 aromatic carbocycles. The zero-order valence-electron chi connectivity index (χ0n) is 64.9. The van der Waals surface area contributed by atoms with Crippen LogP contribution < -0.4 is 0 Å². The minimum Gasteiger partial charge on any atom is -0.0620 e. The third-order valence-corrected chi connectivity index (χ3v) is 18.3. The zero-order valence-corrected chi connectivity index (χ0v) is 64.9. The molecule has 0 aliphatic rings. The van der Waals surface area contributed by atoms with Crippen molar-refractivity contribution in [1.82, 2.24) is 0 Å². The Kier molecular flexibility index (Phi) is 28.9. The van der Waals surface area contributed by atoms with Crippen LogP contribution in [0.5, 0.6) is 0 Å². The number of hydrogen-bond donors (Lipinski definition) is 0. The second-order valence-electron chi connectivity index (χ2n) is 28.4. The summed E-state index contributed by atoms with van der Waals surface area (Å²) in [4.78, 5) is 0. The van der Waals surface area contributed by atoms with Crippen molar-refractivity contribution in [3.05, 3.63) is 415 Å². The van der Waals surface area contributed by atoms with Gasteiger partial charge in [0.25, 0.3) is 0 Å². The summed E-state index contributed by atoms with van der Waals surface area (Å²) in [6.07, 6.45) is 0. The van der Waals surface area contributed by atoms with Gasteiger partial charge in [0.05, 0.1) is 0 Å². The molecule has 0 saturated carbocycles. The predicted molar refractivity (Wildman–Crippen MR) is 453 cm³/mol. The van der Waals surface area contributed by atoms with Crippen molar-refractivity contribution >= 4 is 0 Å². The fourth-order valence-corrected chi connectivity index (χ4v) is 13.4. The topological polar surface area (TPSA) is 0 Å². The van der Waals surface area contributed by atoms with Gasteiger partial charge in [-0.3, -0.25) is 0 Å². The lowest BCUT2D eigenvalue weighted by Crippen LogP contribution is -1.90. The Morgan fingerprint density at radius 1 is 0.117 bits per heavy atom. The summed E-state index contributed by atoms with van der Waals surface area (Å²) in [6, 6.07) is 110. The smallest absolute Gasteiger partial charge is 0.0125 e. The van der Waals surface area contributed by atoms with Crippen LogP contribution in [0.2, 0.25) is 0 Å². The Morgan fingerprint density at radius 2 is 0.369 bits per heavy atom. The van der Waals surface area contributed by atoms with Crippen molar-refractivity contribution in [3.63, 3.8) is 0 Å². The Labute approximate surface area is 620 Å². The zero-order chi connectivity index (χ0) is 74.1. The summed E-state index contributed by atoms with van der Waals surface area (Å²) in [5, 5.41) is 0. The van der Waals surface area contributed by atoms with E-state index < -0.39 is 0 Å². The monoisotopic (exact) mass is 1340 g/mol. The Balaban J connectivity index is 0.000000152. The molecule has 0 unspecified atom stereocenters. The first-order valence-corrected chi connectivity index (χ1v) is 36.3. The van der Waals surface area contributed by atoms with Crippen LogP contribution in [0.4, 0.5) is 0 Å². The molecule has 0 spiro atoms. The van der Waals surface area contributed by atoms with Gasteiger partial charge in [0.2, 0.25) is 0 Å². The first-order chi connectivity index (χ1) is 49.3. The van der Waals surface area contributed by atoms with Crippen LogP contribution >= 0.6 is 0 Å². The van der Waals surface area contributed by atoms with Gasteiger partial charge in [0.1, 0.15) is 0 Å². The maximum absolute atomic E-state index is 2.25. The van der Waals surface area contributed by atoms with E-state index in [1.165, 1.54) is 184 Å². The largest absolute Gasteiger partial charge is 0.0620 e. The van der Waals surface area contributed by atoms with Crippen LogP contribution in [-0.2, 0) is 0 Å². The summed E-state index contributed by atoms with van der Waals surface area (Å²) in [7, 11) is 0. The number of benzene rings is 14. The third kappa shape index (κ3) is 24.1. The van der Waals surface area contributed by atoms with Crippen molar-refractivity contribution in [1.29, 1.82) is 0 Å². The van der Waals surface area contributed by atoms with E-state index in [9.17, 15) is 0 Å². The molecule has 0 amide bonds. The molecule has 0 radical (unpaired) electrons. The average molecular weight is 1350 g/mol. The molecule has 0 atom stereocenters. The van der Waals surface area contributed by atoms with E-state index in [1.54, 1.807) is 0 Å². The second kappa shape index (κ2) is 38.2. The van der Waals surface area contributed by atoms with E-state index in [4.69, 9.17) is 0 Å². The van der Waals surface area contributed by atoms with Crippen LogP contribution in [-0.4, -0.2) is 0 Å². The van der Waals surface area contributed by atoms with E-state index in [0.717, 1.165) is 0 Å². The normalized spacial score (nSPS) is 10.3. The summed E-state index contributed by atoms with van der Waals surface area (Å²) < 4.78 is 0. The minimum atomic E-state index is 1.29. The molecule has 0 N–H and O–H groups in total. The van der Waals surface area contributed by atoms with Crippen molar-refractivity contribution in [2.75, 3.05) is 0 Å². The van der Waals surface area contributed by atoms with Gasteiger partial charge in [0, 0.05) is 0 Å². The molecule has 0 heteroatoms. The SMILES string of the molecule is Cc1ccc(-c2cccc(C)c2)cc1.Cc1cccc(-c2c(C)cc(C)cc2C)c1.Cc1cccc(-c2c(C)cccc2C)c1.Cc1cccc(-c2cc(C)cc(C)c2)c1.Cc1cccc(-c2ccc(C)cc2C)c1.Cc1cccc(-c2cccc(C)c2)c1.Cc1cccc(-c2ccccc2C)c1. The van der Waals surface area contributed by atoms with Crippen LogP contribution in [0.25, 0.3) is 77.9 Å². The van der Waals surface area contributed by atoms with Gasteiger partial charge in [-0.25, -0.2) is 0 Å². The Morgan fingerprint density at radius 3 is 0.748 bits per heavy atom. The van der Waals surface area contributed by atoms with Crippen LogP contribution in [0.1, 0.15) is 106 Å². The Bertz CT molecular complexity index is 4960. The average Bonchev–Trinajstić information content (AvgIpc) is 0.817. The van der Waals surface area contributed by atoms with Crippen molar-refractivity contribution in [2.45, 2.75) is 132 Å². The lowest BCUT2D eigenvalue weighted by Gasteiger charge is -2.12. The first kappa shape index (κ1) is 77.8. The highest BCUT2D eigenvalue weighted by molar-refractivity contribution is 5.74. The minimum absolute atomic E-state index is 1.29. The quantitative estimate of drug-likeness (QED) is 0.149. The lowest BCUT2D eigenvalue weighted by molar-refractivity contribution is 1.31. The van der Waals surface area contributed by atoms with Crippen molar-refractivity contribution < 1.29 is 0 Å². The maximum atomic E-state index is 2.25. The molecule has 0 heterocycles. The molecule has 0 fully saturated rings. The van der Waals surface area contributed by atoms with Crippen LogP contribution in [0, 0.1) is 132 Å². The van der Waals surface area contributed by atoms with Gasteiger partial charge in [-0.05, 0) is 243 Å². The third-order valence-electron chi connectivity index (χ3n) is 18.3. The maximum Gasteiger partial charge on any atom is -0.0125 e. The standard InChI is InChI=1S/C16H18.3C15H16.3C14H14/c1-11-6-5-7-15(10-11)16-13(3)8-12(2)9-14(16)4;1-11-6-4-9-14(10-11)15-12(2)7-5-8-13(15)3;1-11-5-4-6-14(8-11)15-9-12(2)7-13(3)10-15;1-11-5-4-6-14(10-11)15-8-7-12(2)9-13(15)3;1-11-5-3-7-13(9-11)14-8-4-6-12(2)10-14;1-11-6-5-8-13(10-11)14-9-4-3-7-12(14)2;1-11-6-8-13(9-7-11)14-5-3-4-12(2)10-14/h5-10H,1-4H3;3*4-10H,1-3H3;3*3-10H,1-2H3. The van der Waals surface area contributed by atoms with E-state index in [-0.39, 0.29) is 0 Å². The van der Waals surface area contributed by atoms with E-state index in [1.807, 2.05) is 0 Å². The summed E-state index contributed by atoms with van der Waals surface area (Å²) >= 11 is 0.